The highest BCUT2D eigenvalue weighted by atomic mass is 16.6. The third-order valence-corrected chi connectivity index (χ3v) is 4.14. The van der Waals surface area contributed by atoms with Crippen molar-refractivity contribution in [3.8, 4) is 0 Å². The van der Waals surface area contributed by atoms with Gasteiger partial charge < -0.3 is 28.4 Å². The van der Waals surface area contributed by atoms with E-state index in [-0.39, 0.29) is 6.10 Å². The largest absolute Gasteiger partial charge is 0.479 e. The second-order valence-corrected chi connectivity index (χ2v) is 6.26. The lowest BCUT2D eigenvalue weighted by molar-refractivity contribution is -0.0572. The molecular formula is C18H29N3O6. The lowest BCUT2D eigenvalue weighted by atomic mass is 10.3. The third kappa shape index (κ3) is 7.82. The molecule has 0 atom stereocenters. The third-order valence-electron chi connectivity index (χ3n) is 4.14. The zero-order valence-electron chi connectivity index (χ0n) is 15.8. The van der Waals surface area contributed by atoms with Gasteiger partial charge in [0.05, 0.1) is 52.7 Å². The summed E-state index contributed by atoms with van der Waals surface area (Å²) in [6.07, 6.45) is 1.90. The maximum absolute atomic E-state index is 5.91. The van der Waals surface area contributed by atoms with Gasteiger partial charge in [0, 0.05) is 19.3 Å². The Labute approximate surface area is 159 Å². The zero-order valence-corrected chi connectivity index (χ0v) is 15.8. The first-order valence-electron chi connectivity index (χ1n) is 9.65. The van der Waals surface area contributed by atoms with Crippen molar-refractivity contribution < 1.29 is 28.4 Å². The quantitative estimate of drug-likeness (QED) is 0.413. The van der Waals surface area contributed by atoms with Gasteiger partial charge in [-0.25, -0.2) is 0 Å². The molecule has 9 nitrogen and oxygen atoms in total. The molecule has 0 bridgehead atoms. The lowest BCUT2D eigenvalue weighted by Crippen LogP contribution is -2.28. The molecule has 0 aromatic carbocycles. The number of hydrogen-bond donors (Lipinski definition) is 0. The van der Waals surface area contributed by atoms with Crippen LogP contribution in [0.15, 0.2) is 15.0 Å². The monoisotopic (exact) mass is 383 g/mol. The van der Waals surface area contributed by atoms with E-state index in [0.29, 0.717) is 72.1 Å². The van der Waals surface area contributed by atoms with Crippen LogP contribution >= 0.6 is 0 Å². The van der Waals surface area contributed by atoms with Gasteiger partial charge in [-0.2, -0.15) is 0 Å². The van der Waals surface area contributed by atoms with Crippen LogP contribution in [-0.2, 0) is 28.4 Å². The van der Waals surface area contributed by atoms with Crippen molar-refractivity contribution in [2.24, 2.45) is 15.0 Å². The second kappa shape index (κ2) is 11.9. The first kappa shape index (κ1) is 20.0. The van der Waals surface area contributed by atoms with Crippen LogP contribution in [-0.4, -0.2) is 96.3 Å². The van der Waals surface area contributed by atoms with Crippen LogP contribution in [0.1, 0.15) is 19.3 Å². The normalized spacial score (nSPS) is 18.8. The fraction of sp³-hybridized carbons (Fsp3) is 0.833. The van der Waals surface area contributed by atoms with Crippen LogP contribution in [0, 0.1) is 0 Å². The Bertz CT molecular complexity index is 505. The molecule has 0 aliphatic carbocycles. The van der Waals surface area contributed by atoms with Gasteiger partial charge in [0.1, 0.15) is 25.9 Å². The summed E-state index contributed by atoms with van der Waals surface area (Å²) in [6, 6.07) is 0. The molecular weight excluding hydrogens is 354 g/mol. The van der Waals surface area contributed by atoms with E-state index in [4.69, 9.17) is 28.4 Å². The summed E-state index contributed by atoms with van der Waals surface area (Å²) >= 11 is 0. The Morgan fingerprint density at radius 2 is 1.11 bits per heavy atom. The molecule has 0 saturated carbocycles. The second-order valence-electron chi connectivity index (χ2n) is 6.26. The van der Waals surface area contributed by atoms with E-state index in [1.807, 2.05) is 0 Å². The Kier molecular flexibility index (Phi) is 8.82. The SMILES string of the molecule is C1COC(CCOCC(COCCC2=NCCO2)OCCC2=NCCO2)=N1. The van der Waals surface area contributed by atoms with Crippen LogP contribution < -0.4 is 0 Å². The minimum absolute atomic E-state index is 0.148. The molecule has 0 aromatic heterocycles. The molecule has 0 spiro atoms. The highest BCUT2D eigenvalue weighted by Crippen LogP contribution is 2.05. The topological polar surface area (TPSA) is 92.5 Å². The molecule has 3 aliphatic heterocycles. The van der Waals surface area contributed by atoms with Crippen LogP contribution in [0.3, 0.4) is 0 Å². The predicted octanol–water partition coefficient (Wildman–Crippen LogP) is 0.861. The number of aliphatic imine (C=N–C) groups is 3. The Hall–Kier alpha value is -1.71. The smallest absolute Gasteiger partial charge is 0.185 e. The Balaban J connectivity index is 1.30. The van der Waals surface area contributed by atoms with E-state index in [2.05, 4.69) is 15.0 Å². The van der Waals surface area contributed by atoms with E-state index in [1.165, 1.54) is 0 Å². The highest BCUT2D eigenvalue weighted by Gasteiger charge is 2.14. The van der Waals surface area contributed by atoms with Crippen molar-refractivity contribution in [1.82, 2.24) is 0 Å². The summed E-state index contributed by atoms with van der Waals surface area (Å²) in [5.74, 6) is 2.32. The summed E-state index contributed by atoms with van der Waals surface area (Å²) in [5.41, 5.74) is 0. The highest BCUT2D eigenvalue weighted by molar-refractivity contribution is 5.78. The van der Waals surface area contributed by atoms with Crippen LogP contribution in [0.4, 0.5) is 0 Å². The molecule has 0 unspecified atom stereocenters. The molecule has 0 radical (unpaired) electrons. The first-order valence-corrected chi connectivity index (χ1v) is 9.65. The van der Waals surface area contributed by atoms with Gasteiger partial charge in [0.15, 0.2) is 17.7 Å². The van der Waals surface area contributed by atoms with E-state index in [1.54, 1.807) is 0 Å². The van der Waals surface area contributed by atoms with Crippen molar-refractivity contribution in [3.05, 3.63) is 0 Å². The molecule has 0 N–H and O–H groups in total. The Morgan fingerprint density at radius 3 is 1.52 bits per heavy atom. The average Bonchev–Trinajstić information content (AvgIpc) is 3.45. The molecule has 3 rings (SSSR count). The van der Waals surface area contributed by atoms with Gasteiger partial charge in [0.25, 0.3) is 0 Å². The number of rotatable bonds is 14. The van der Waals surface area contributed by atoms with Gasteiger partial charge in [-0.15, -0.1) is 0 Å². The summed E-state index contributed by atoms with van der Waals surface area (Å²) in [5, 5.41) is 0. The fourth-order valence-corrected chi connectivity index (χ4v) is 2.80. The number of ether oxygens (including phenoxy) is 6. The van der Waals surface area contributed by atoms with Crippen LogP contribution in [0.5, 0.6) is 0 Å². The van der Waals surface area contributed by atoms with E-state index in [0.717, 1.165) is 37.3 Å². The number of nitrogens with zero attached hydrogens (tertiary/aromatic N) is 3. The van der Waals surface area contributed by atoms with Gasteiger partial charge in [-0.3, -0.25) is 15.0 Å². The summed E-state index contributed by atoms with van der Waals surface area (Å²) in [6.45, 7) is 6.81. The fourth-order valence-electron chi connectivity index (χ4n) is 2.80. The summed E-state index contributed by atoms with van der Waals surface area (Å²) < 4.78 is 33.5. The predicted molar refractivity (Wildman–Crippen MR) is 100.0 cm³/mol. The standard InChI is InChI=1S/C18H29N3O6/c1(16-19-4-10-25-16)7-22-13-15(24-9-3-18-21-6-12-27-18)14-23-8-2-17-20-5-11-26-17/h15H,1-14H2. The summed E-state index contributed by atoms with van der Waals surface area (Å²) in [7, 11) is 0. The molecule has 0 aromatic rings. The molecule has 9 heteroatoms. The molecule has 0 saturated heterocycles. The average molecular weight is 383 g/mol. The molecule has 3 heterocycles. The molecule has 152 valence electrons. The first-order chi connectivity index (χ1) is 13.4. The van der Waals surface area contributed by atoms with E-state index < -0.39 is 0 Å². The summed E-state index contributed by atoms with van der Waals surface area (Å²) in [4.78, 5) is 12.8. The van der Waals surface area contributed by atoms with Crippen LogP contribution in [0.25, 0.3) is 0 Å². The Morgan fingerprint density at radius 1 is 0.667 bits per heavy atom. The number of hydrogen-bond acceptors (Lipinski definition) is 9. The van der Waals surface area contributed by atoms with Gasteiger partial charge in [-0.1, -0.05) is 0 Å². The minimum atomic E-state index is -0.148. The minimum Gasteiger partial charge on any atom is -0.479 e. The van der Waals surface area contributed by atoms with Gasteiger partial charge in [0.2, 0.25) is 0 Å². The lowest BCUT2D eigenvalue weighted by Gasteiger charge is -2.18. The van der Waals surface area contributed by atoms with Crippen molar-refractivity contribution in [3.63, 3.8) is 0 Å². The van der Waals surface area contributed by atoms with Gasteiger partial charge in [-0.05, 0) is 0 Å². The maximum atomic E-state index is 5.91. The molecule has 3 aliphatic rings. The molecule has 0 fully saturated rings. The molecule has 0 amide bonds. The van der Waals surface area contributed by atoms with Crippen LogP contribution in [0.2, 0.25) is 0 Å². The maximum Gasteiger partial charge on any atom is 0.185 e. The van der Waals surface area contributed by atoms with Crippen molar-refractivity contribution in [1.29, 1.82) is 0 Å². The van der Waals surface area contributed by atoms with Crippen molar-refractivity contribution >= 4 is 17.7 Å². The van der Waals surface area contributed by atoms with E-state index >= 15 is 0 Å². The van der Waals surface area contributed by atoms with E-state index in [9.17, 15) is 0 Å². The van der Waals surface area contributed by atoms with Crippen molar-refractivity contribution in [2.45, 2.75) is 25.4 Å². The zero-order chi connectivity index (χ0) is 18.6. The van der Waals surface area contributed by atoms with Crippen molar-refractivity contribution in [2.75, 3.05) is 72.5 Å². The van der Waals surface area contributed by atoms with Gasteiger partial charge >= 0.3 is 0 Å². The molecule has 27 heavy (non-hydrogen) atoms.